The van der Waals surface area contributed by atoms with E-state index in [2.05, 4.69) is 0 Å². The van der Waals surface area contributed by atoms with Crippen molar-refractivity contribution in [2.75, 3.05) is 0 Å². The quantitative estimate of drug-likeness (QED) is 0.870. The van der Waals surface area contributed by atoms with E-state index in [1.54, 1.807) is 36.4 Å². The molecule has 3 heteroatoms. The van der Waals surface area contributed by atoms with Gasteiger partial charge in [0, 0.05) is 6.42 Å². The molecule has 2 nitrogen and oxygen atoms in total. The maximum absolute atomic E-state index is 13.0. The molecule has 0 aliphatic heterocycles. The van der Waals surface area contributed by atoms with Gasteiger partial charge >= 0.3 is 0 Å². The number of hydrogen-bond donors (Lipinski definition) is 2. The molecule has 0 aromatic heterocycles. The van der Waals surface area contributed by atoms with Gasteiger partial charge in [-0.1, -0.05) is 42.5 Å². The highest BCUT2D eigenvalue weighted by molar-refractivity contribution is 5.21. The average Bonchev–Trinajstić information content (AvgIpc) is 2.39. The highest BCUT2D eigenvalue weighted by atomic mass is 19.1. The number of rotatable bonds is 4. The van der Waals surface area contributed by atoms with Crippen molar-refractivity contribution in [1.29, 1.82) is 0 Å². The van der Waals surface area contributed by atoms with Crippen LogP contribution < -0.4 is 0 Å². The third-order valence-electron chi connectivity index (χ3n) is 2.84. The molecule has 0 fully saturated rings. The Labute approximate surface area is 105 Å². The topological polar surface area (TPSA) is 40.5 Å². The monoisotopic (exact) mass is 246 g/mol. The summed E-state index contributed by atoms with van der Waals surface area (Å²) in [6.07, 6.45) is -1.70. The predicted octanol–water partition coefficient (Wildman–Crippen LogP) is 2.46. The summed E-state index contributed by atoms with van der Waals surface area (Å²) in [4.78, 5) is 0. The third-order valence-corrected chi connectivity index (χ3v) is 2.84. The molecule has 2 atom stereocenters. The zero-order valence-corrected chi connectivity index (χ0v) is 9.83. The van der Waals surface area contributed by atoms with Crippen molar-refractivity contribution in [1.82, 2.24) is 0 Å². The number of hydrogen-bond acceptors (Lipinski definition) is 2. The zero-order chi connectivity index (χ0) is 13.0. The Balaban J connectivity index is 2.06. The van der Waals surface area contributed by atoms with Gasteiger partial charge in [-0.15, -0.1) is 0 Å². The van der Waals surface area contributed by atoms with Crippen molar-refractivity contribution in [3.05, 3.63) is 71.5 Å². The SMILES string of the molecule is OC(Cc1cccc(F)c1)C(O)c1ccccc1. The molecular formula is C15H15FO2. The molecule has 2 rings (SSSR count). The second-order valence-electron chi connectivity index (χ2n) is 4.26. The summed E-state index contributed by atoms with van der Waals surface area (Å²) >= 11 is 0. The standard InChI is InChI=1S/C15H15FO2/c16-13-8-4-5-11(9-13)10-14(17)15(18)12-6-2-1-3-7-12/h1-9,14-15,17-18H,10H2. The van der Waals surface area contributed by atoms with E-state index in [-0.39, 0.29) is 12.2 Å². The van der Waals surface area contributed by atoms with E-state index in [0.717, 1.165) is 0 Å². The summed E-state index contributed by atoms with van der Waals surface area (Å²) < 4.78 is 13.0. The van der Waals surface area contributed by atoms with Gasteiger partial charge in [0.05, 0.1) is 6.10 Å². The van der Waals surface area contributed by atoms with Gasteiger partial charge in [-0.05, 0) is 23.3 Å². The molecule has 0 heterocycles. The van der Waals surface area contributed by atoms with Crippen LogP contribution in [0.3, 0.4) is 0 Å². The van der Waals surface area contributed by atoms with E-state index in [1.165, 1.54) is 12.1 Å². The Hall–Kier alpha value is -1.71. The summed E-state index contributed by atoms with van der Waals surface area (Å²) in [5.74, 6) is -0.339. The number of aliphatic hydroxyl groups excluding tert-OH is 2. The third kappa shape index (κ3) is 3.15. The molecule has 0 bridgehead atoms. The molecule has 0 amide bonds. The fourth-order valence-corrected chi connectivity index (χ4v) is 1.89. The molecular weight excluding hydrogens is 231 g/mol. The van der Waals surface area contributed by atoms with Gasteiger partial charge in [-0.2, -0.15) is 0 Å². The van der Waals surface area contributed by atoms with E-state index in [4.69, 9.17) is 0 Å². The van der Waals surface area contributed by atoms with Gasteiger partial charge in [0.25, 0.3) is 0 Å². The van der Waals surface area contributed by atoms with E-state index < -0.39 is 12.2 Å². The predicted molar refractivity (Wildman–Crippen MR) is 67.5 cm³/mol. The average molecular weight is 246 g/mol. The Morgan fingerprint density at radius 1 is 0.944 bits per heavy atom. The minimum absolute atomic E-state index is 0.216. The molecule has 2 N–H and O–H groups in total. The van der Waals surface area contributed by atoms with E-state index >= 15 is 0 Å². The number of aliphatic hydroxyl groups is 2. The zero-order valence-electron chi connectivity index (χ0n) is 9.83. The molecule has 0 saturated heterocycles. The fraction of sp³-hybridized carbons (Fsp3) is 0.200. The van der Waals surface area contributed by atoms with Crippen LogP contribution in [0.15, 0.2) is 54.6 Å². The largest absolute Gasteiger partial charge is 0.390 e. The van der Waals surface area contributed by atoms with Gasteiger partial charge in [0.1, 0.15) is 11.9 Å². The van der Waals surface area contributed by atoms with E-state index in [0.29, 0.717) is 11.1 Å². The van der Waals surface area contributed by atoms with Crippen LogP contribution in [0.2, 0.25) is 0 Å². The number of benzene rings is 2. The summed E-state index contributed by atoms with van der Waals surface area (Å²) in [5, 5.41) is 19.9. The molecule has 0 aliphatic rings. The molecule has 2 aromatic rings. The highest BCUT2D eigenvalue weighted by Gasteiger charge is 2.18. The van der Waals surface area contributed by atoms with Crippen molar-refractivity contribution >= 4 is 0 Å². The summed E-state index contributed by atoms with van der Waals surface area (Å²) in [6, 6.07) is 15.0. The molecule has 2 unspecified atom stereocenters. The minimum atomic E-state index is -0.963. The van der Waals surface area contributed by atoms with Crippen LogP contribution in [0.4, 0.5) is 4.39 Å². The van der Waals surface area contributed by atoms with Crippen molar-refractivity contribution in [3.8, 4) is 0 Å². The lowest BCUT2D eigenvalue weighted by molar-refractivity contribution is 0.0189. The summed E-state index contributed by atoms with van der Waals surface area (Å²) in [6.45, 7) is 0. The van der Waals surface area contributed by atoms with Crippen LogP contribution in [-0.4, -0.2) is 16.3 Å². The molecule has 2 aromatic carbocycles. The van der Waals surface area contributed by atoms with Crippen LogP contribution in [0.1, 0.15) is 17.2 Å². The van der Waals surface area contributed by atoms with Crippen molar-refractivity contribution < 1.29 is 14.6 Å². The van der Waals surface area contributed by atoms with Crippen LogP contribution in [-0.2, 0) is 6.42 Å². The second kappa shape index (κ2) is 5.76. The van der Waals surface area contributed by atoms with E-state index in [1.807, 2.05) is 6.07 Å². The van der Waals surface area contributed by atoms with Crippen molar-refractivity contribution in [3.63, 3.8) is 0 Å². The maximum atomic E-state index is 13.0. The second-order valence-corrected chi connectivity index (χ2v) is 4.26. The minimum Gasteiger partial charge on any atom is -0.390 e. The van der Waals surface area contributed by atoms with E-state index in [9.17, 15) is 14.6 Å². The summed E-state index contributed by atoms with van der Waals surface area (Å²) in [7, 11) is 0. The maximum Gasteiger partial charge on any atom is 0.123 e. The Kier molecular flexibility index (Phi) is 4.07. The van der Waals surface area contributed by atoms with Gasteiger partial charge < -0.3 is 10.2 Å². The first kappa shape index (κ1) is 12.7. The molecule has 0 saturated carbocycles. The van der Waals surface area contributed by atoms with Crippen molar-refractivity contribution in [2.45, 2.75) is 18.6 Å². The first-order valence-electron chi connectivity index (χ1n) is 5.82. The van der Waals surface area contributed by atoms with Gasteiger partial charge in [0.2, 0.25) is 0 Å². The Morgan fingerprint density at radius 2 is 1.67 bits per heavy atom. The van der Waals surface area contributed by atoms with Gasteiger partial charge in [-0.3, -0.25) is 0 Å². The highest BCUT2D eigenvalue weighted by Crippen LogP contribution is 2.19. The lowest BCUT2D eigenvalue weighted by Gasteiger charge is -2.18. The van der Waals surface area contributed by atoms with Crippen LogP contribution in [0.5, 0.6) is 0 Å². The van der Waals surface area contributed by atoms with Crippen LogP contribution in [0.25, 0.3) is 0 Å². The van der Waals surface area contributed by atoms with Crippen LogP contribution in [0, 0.1) is 5.82 Å². The Bertz CT molecular complexity index is 499. The lowest BCUT2D eigenvalue weighted by Crippen LogP contribution is -2.20. The first-order valence-corrected chi connectivity index (χ1v) is 5.82. The first-order chi connectivity index (χ1) is 8.66. The number of halogens is 1. The Morgan fingerprint density at radius 3 is 2.33 bits per heavy atom. The van der Waals surface area contributed by atoms with Gasteiger partial charge in [0.15, 0.2) is 0 Å². The van der Waals surface area contributed by atoms with Crippen LogP contribution >= 0.6 is 0 Å². The van der Waals surface area contributed by atoms with Crippen molar-refractivity contribution in [2.24, 2.45) is 0 Å². The summed E-state index contributed by atoms with van der Waals surface area (Å²) in [5.41, 5.74) is 1.32. The molecule has 0 spiro atoms. The molecule has 94 valence electrons. The fourth-order valence-electron chi connectivity index (χ4n) is 1.89. The normalized spacial score (nSPS) is 14.2. The lowest BCUT2D eigenvalue weighted by atomic mass is 9.98. The molecule has 0 radical (unpaired) electrons. The molecule has 18 heavy (non-hydrogen) atoms. The molecule has 0 aliphatic carbocycles. The van der Waals surface area contributed by atoms with Gasteiger partial charge in [-0.25, -0.2) is 4.39 Å². The smallest absolute Gasteiger partial charge is 0.123 e.